The first-order valence-electron chi connectivity index (χ1n) is 6.14. The molecular formula is C13H18ClNOS. The van der Waals surface area contributed by atoms with Crippen LogP contribution in [0.5, 0.6) is 0 Å². The Hall–Kier alpha value is -0.540. The van der Waals surface area contributed by atoms with E-state index in [0.717, 1.165) is 31.5 Å². The number of likely N-dealkylation sites (tertiary alicyclic amines) is 1. The third-order valence-electron chi connectivity index (χ3n) is 3.32. The van der Waals surface area contributed by atoms with E-state index in [1.165, 1.54) is 6.42 Å². The zero-order valence-corrected chi connectivity index (χ0v) is 11.5. The smallest absolute Gasteiger partial charge is 0.227 e. The van der Waals surface area contributed by atoms with Gasteiger partial charge in [-0.3, -0.25) is 4.79 Å². The van der Waals surface area contributed by atoms with Crippen LogP contribution in [0.3, 0.4) is 0 Å². The predicted octanol–water partition coefficient (Wildman–Crippen LogP) is 3.16. The SMILES string of the molecule is O=C(Cc1ccsc1)N1CCCC(CCCl)C1. The van der Waals surface area contributed by atoms with Crippen molar-refractivity contribution in [1.29, 1.82) is 0 Å². The standard InChI is InChI=1S/C13H18ClNOS/c14-5-3-11-2-1-6-15(9-11)13(16)8-12-4-7-17-10-12/h4,7,10-11H,1-3,5-6,8-9H2. The molecule has 94 valence electrons. The summed E-state index contributed by atoms with van der Waals surface area (Å²) in [6.45, 7) is 1.82. The van der Waals surface area contributed by atoms with Crippen LogP contribution in [0.25, 0.3) is 0 Å². The largest absolute Gasteiger partial charge is 0.342 e. The fourth-order valence-electron chi connectivity index (χ4n) is 2.36. The summed E-state index contributed by atoms with van der Waals surface area (Å²) in [6.07, 6.45) is 3.92. The Morgan fingerprint density at radius 2 is 2.47 bits per heavy atom. The molecule has 1 fully saturated rings. The van der Waals surface area contributed by atoms with Crippen molar-refractivity contribution in [2.45, 2.75) is 25.7 Å². The van der Waals surface area contributed by atoms with Gasteiger partial charge >= 0.3 is 0 Å². The Morgan fingerprint density at radius 3 is 3.18 bits per heavy atom. The summed E-state index contributed by atoms with van der Waals surface area (Å²) in [5.74, 6) is 1.58. The molecule has 1 aromatic heterocycles. The van der Waals surface area contributed by atoms with Crippen molar-refractivity contribution in [2.24, 2.45) is 5.92 Å². The van der Waals surface area contributed by atoms with Crippen LogP contribution in [-0.4, -0.2) is 29.8 Å². The van der Waals surface area contributed by atoms with Crippen LogP contribution in [0, 0.1) is 5.92 Å². The monoisotopic (exact) mass is 271 g/mol. The highest BCUT2D eigenvalue weighted by Crippen LogP contribution is 2.21. The van der Waals surface area contributed by atoms with Crippen LogP contribution in [0.2, 0.25) is 0 Å². The van der Waals surface area contributed by atoms with Gasteiger partial charge in [0, 0.05) is 19.0 Å². The van der Waals surface area contributed by atoms with Gasteiger partial charge in [-0.1, -0.05) is 0 Å². The molecule has 1 saturated heterocycles. The van der Waals surface area contributed by atoms with Gasteiger partial charge in [-0.25, -0.2) is 0 Å². The molecular weight excluding hydrogens is 254 g/mol. The van der Waals surface area contributed by atoms with Crippen molar-refractivity contribution in [1.82, 2.24) is 4.90 Å². The molecule has 0 N–H and O–H groups in total. The summed E-state index contributed by atoms with van der Waals surface area (Å²) >= 11 is 7.42. The number of carbonyl (C=O) groups is 1. The third kappa shape index (κ3) is 3.71. The molecule has 0 saturated carbocycles. The second kappa shape index (κ2) is 6.41. The van der Waals surface area contributed by atoms with E-state index in [1.54, 1.807) is 11.3 Å². The van der Waals surface area contributed by atoms with E-state index < -0.39 is 0 Å². The Kier molecular flexibility index (Phi) is 4.86. The van der Waals surface area contributed by atoms with Gasteiger partial charge in [0.2, 0.25) is 5.91 Å². The maximum absolute atomic E-state index is 12.1. The summed E-state index contributed by atoms with van der Waals surface area (Å²) < 4.78 is 0. The number of amides is 1. The van der Waals surface area contributed by atoms with Crippen LogP contribution in [0.1, 0.15) is 24.8 Å². The van der Waals surface area contributed by atoms with Crippen molar-refractivity contribution in [3.05, 3.63) is 22.4 Å². The molecule has 0 bridgehead atoms. The van der Waals surface area contributed by atoms with Gasteiger partial charge in [-0.15, -0.1) is 11.6 Å². The van der Waals surface area contributed by atoms with Crippen LogP contribution < -0.4 is 0 Å². The van der Waals surface area contributed by atoms with Crippen molar-refractivity contribution >= 4 is 28.8 Å². The number of hydrogen-bond acceptors (Lipinski definition) is 2. The van der Waals surface area contributed by atoms with Crippen LogP contribution in [0.4, 0.5) is 0 Å². The molecule has 1 aliphatic rings. The molecule has 0 aliphatic carbocycles. The Labute approximate surface area is 112 Å². The highest BCUT2D eigenvalue weighted by Gasteiger charge is 2.23. The second-order valence-electron chi connectivity index (χ2n) is 4.63. The highest BCUT2D eigenvalue weighted by molar-refractivity contribution is 7.07. The molecule has 0 aromatic carbocycles. The minimum absolute atomic E-state index is 0.266. The van der Waals surface area contributed by atoms with Crippen LogP contribution in [-0.2, 0) is 11.2 Å². The van der Waals surface area contributed by atoms with E-state index in [-0.39, 0.29) is 5.91 Å². The van der Waals surface area contributed by atoms with Crippen molar-refractivity contribution in [2.75, 3.05) is 19.0 Å². The molecule has 2 heterocycles. The highest BCUT2D eigenvalue weighted by atomic mass is 35.5. The van der Waals surface area contributed by atoms with Crippen molar-refractivity contribution in [3.8, 4) is 0 Å². The van der Waals surface area contributed by atoms with Crippen LogP contribution >= 0.6 is 22.9 Å². The molecule has 1 aliphatic heterocycles. The van der Waals surface area contributed by atoms with Gasteiger partial charge in [0.05, 0.1) is 6.42 Å². The summed E-state index contributed by atoms with van der Waals surface area (Å²) in [4.78, 5) is 14.1. The van der Waals surface area contributed by atoms with Crippen molar-refractivity contribution in [3.63, 3.8) is 0 Å². The average Bonchev–Trinajstić information content (AvgIpc) is 2.83. The summed E-state index contributed by atoms with van der Waals surface area (Å²) in [6, 6.07) is 2.03. The average molecular weight is 272 g/mol. The molecule has 1 unspecified atom stereocenters. The lowest BCUT2D eigenvalue weighted by Crippen LogP contribution is -2.40. The molecule has 4 heteroatoms. The second-order valence-corrected chi connectivity index (χ2v) is 5.79. The maximum atomic E-state index is 12.1. The molecule has 2 rings (SSSR count). The molecule has 1 amide bonds. The lowest BCUT2D eigenvalue weighted by molar-refractivity contribution is -0.132. The number of carbonyl (C=O) groups excluding carboxylic acids is 1. The summed E-state index contributed by atoms with van der Waals surface area (Å²) in [5.41, 5.74) is 1.14. The number of rotatable bonds is 4. The Balaban J connectivity index is 1.86. The predicted molar refractivity (Wildman–Crippen MR) is 72.7 cm³/mol. The van der Waals surface area contributed by atoms with E-state index in [2.05, 4.69) is 5.38 Å². The minimum atomic E-state index is 0.266. The number of alkyl halides is 1. The van der Waals surface area contributed by atoms with Gasteiger partial charge in [-0.05, 0) is 47.6 Å². The van der Waals surface area contributed by atoms with Gasteiger partial charge in [-0.2, -0.15) is 11.3 Å². The first kappa shape index (κ1) is 12.9. The summed E-state index contributed by atoms with van der Waals surface area (Å²) in [7, 11) is 0. The Morgan fingerprint density at radius 1 is 1.59 bits per heavy atom. The zero-order valence-electron chi connectivity index (χ0n) is 9.90. The van der Waals surface area contributed by atoms with Gasteiger partial charge < -0.3 is 4.90 Å². The first-order valence-corrected chi connectivity index (χ1v) is 7.62. The van der Waals surface area contributed by atoms with Gasteiger partial charge in [0.25, 0.3) is 0 Å². The maximum Gasteiger partial charge on any atom is 0.227 e. The number of halogens is 1. The fraction of sp³-hybridized carbons (Fsp3) is 0.615. The van der Waals surface area contributed by atoms with E-state index in [1.807, 2.05) is 16.3 Å². The molecule has 1 atom stereocenters. The quantitative estimate of drug-likeness (QED) is 0.771. The minimum Gasteiger partial charge on any atom is -0.342 e. The topological polar surface area (TPSA) is 20.3 Å². The van der Waals surface area contributed by atoms with E-state index in [0.29, 0.717) is 18.2 Å². The number of nitrogens with zero attached hydrogens (tertiary/aromatic N) is 1. The first-order chi connectivity index (χ1) is 8.29. The zero-order chi connectivity index (χ0) is 12.1. The van der Waals surface area contributed by atoms with Gasteiger partial charge in [0.1, 0.15) is 0 Å². The Bertz CT molecular complexity index is 350. The number of piperidine rings is 1. The molecule has 2 nitrogen and oxygen atoms in total. The normalized spacial score (nSPS) is 20.5. The molecule has 17 heavy (non-hydrogen) atoms. The van der Waals surface area contributed by atoms with E-state index >= 15 is 0 Å². The van der Waals surface area contributed by atoms with E-state index in [9.17, 15) is 4.79 Å². The van der Waals surface area contributed by atoms with Crippen LogP contribution in [0.15, 0.2) is 16.8 Å². The fourth-order valence-corrected chi connectivity index (χ4v) is 3.34. The van der Waals surface area contributed by atoms with Gasteiger partial charge in [0.15, 0.2) is 0 Å². The summed E-state index contributed by atoms with van der Waals surface area (Å²) in [5, 5.41) is 4.08. The molecule has 0 radical (unpaired) electrons. The number of thiophene rings is 1. The lowest BCUT2D eigenvalue weighted by Gasteiger charge is -2.32. The number of hydrogen-bond donors (Lipinski definition) is 0. The van der Waals surface area contributed by atoms with Crippen molar-refractivity contribution < 1.29 is 4.79 Å². The molecule has 1 aromatic rings. The lowest BCUT2D eigenvalue weighted by atomic mass is 9.95. The van der Waals surface area contributed by atoms with E-state index in [4.69, 9.17) is 11.6 Å². The third-order valence-corrected chi connectivity index (χ3v) is 4.27. The molecule has 0 spiro atoms.